The molecule has 6 heteroatoms. The zero-order valence-corrected chi connectivity index (χ0v) is 11.6. The first-order valence-electron chi connectivity index (χ1n) is 6.61. The van der Waals surface area contributed by atoms with Crippen molar-refractivity contribution in [3.63, 3.8) is 0 Å². The van der Waals surface area contributed by atoms with Crippen LogP contribution in [0, 0.1) is 0 Å². The van der Waals surface area contributed by atoms with Crippen molar-refractivity contribution < 1.29 is 9.53 Å². The van der Waals surface area contributed by atoms with Gasteiger partial charge < -0.3 is 15.4 Å². The van der Waals surface area contributed by atoms with Gasteiger partial charge in [0.25, 0.3) is 5.91 Å². The van der Waals surface area contributed by atoms with Crippen LogP contribution < -0.4 is 10.6 Å². The highest BCUT2D eigenvalue weighted by Crippen LogP contribution is 2.02. The Hall–Kier alpha value is -1.69. The van der Waals surface area contributed by atoms with Crippen molar-refractivity contribution in [3.8, 4) is 0 Å². The zero-order chi connectivity index (χ0) is 13.9. The second-order valence-corrected chi connectivity index (χ2v) is 4.13. The standard InChI is InChI=1S/C13H22N4O2/c1-3-15-12-10-14-9-11(17-12)13(18)16-7-5-4-6-8-19-2/h9-10H,3-8H2,1-2H3,(H,15,17)(H,16,18). The second kappa shape index (κ2) is 9.27. The molecule has 6 nitrogen and oxygen atoms in total. The third-order valence-corrected chi connectivity index (χ3v) is 2.54. The van der Waals surface area contributed by atoms with Crippen LogP contribution in [-0.4, -0.2) is 42.7 Å². The highest BCUT2D eigenvalue weighted by atomic mass is 16.5. The lowest BCUT2D eigenvalue weighted by Gasteiger charge is -2.06. The lowest BCUT2D eigenvalue weighted by atomic mass is 10.2. The molecule has 0 aromatic carbocycles. The number of nitrogens with one attached hydrogen (secondary N) is 2. The van der Waals surface area contributed by atoms with E-state index in [1.165, 1.54) is 6.20 Å². The van der Waals surface area contributed by atoms with Gasteiger partial charge in [0.1, 0.15) is 11.5 Å². The van der Waals surface area contributed by atoms with Gasteiger partial charge in [-0.1, -0.05) is 0 Å². The van der Waals surface area contributed by atoms with Crippen molar-refractivity contribution >= 4 is 11.7 Å². The van der Waals surface area contributed by atoms with E-state index in [2.05, 4.69) is 20.6 Å². The average Bonchev–Trinajstić information content (AvgIpc) is 2.43. The third-order valence-electron chi connectivity index (χ3n) is 2.54. The largest absolute Gasteiger partial charge is 0.385 e. The van der Waals surface area contributed by atoms with Crippen LogP contribution in [0.3, 0.4) is 0 Å². The Morgan fingerprint density at radius 3 is 2.89 bits per heavy atom. The maximum atomic E-state index is 11.8. The summed E-state index contributed by atoms with van der Waals surface area (Å²) in [5, 5.41) is 5.86. The van der Waals surface area contributed by atoms with Gasteiger partial charge in [-0.15, -0.1) is 0 Å². The van der Waals surface area contributed by atoms with Crippen LogP contribution in [0.4, 0.5) is 5.82 Å². The van der Waals surface area contributed by atoms with Gasteiger partial charge in [-0.3, -0.25) is 9.78 Å². The number of hydrogen-bond acceptors (Lipinski definition) is 5. The quantitative estimate of drug-likeness (QED) is 0.662. The van der Waals surface area contributed by atoms with Gasteiger partial charge in [-0.2, -0.15) is 0 Å². The van der Waals surface area contributed by atoms with Crippen molar-refractivity contribution in [2.24, 2.45) is 0 Å². The Morgan fingerprint density at radius 2 is 2.16 bits per heavy atom. The molecule has 0 unspecified atom stereocenters. The van der Waals surface area contributed by atoms with Crippen LogP contribution in [0.25, 0.3) is 0 Å². The molecule has 0 bridgehead atoms. The fourth-order valence-electron chi connectivity index (χ4n) is 1.58. The summed E-state index contributed by atoms with van der Waals surface area (Å²) in [5.41, 5.74) is 0.343. The number of anilines is 1. The van der Waals surface area contributed by atoms with Gasteiger partial charge in [0, 0.05) is 26.8 Å². The number of methoxy groups -OCH3 is 1. The first kappa shape index (κ1) is 15.4. The summed E-state index contributed by atoms with van der Waals surface area (Å²) in [6.07, 6.45) is 6.07. The van der Waals surface area contributed by atoms with Crippen molar-refractivity contribution in [3.05, 3.63) is 18.1 Å². The van der Waals surface area contributed by atoms with Gasteiger partial charge in [-0.05, 0) is 26.2 Å². The normalized spacial score (nSPS) is 10.2. The smallest absolute Gasteiger partial charge is 0.271 e. The van der Waals surface area contributed by atoms with E-state index in [4.69, 9.17) is 4.74 Å². The van der Waals surface area contributed by atoms with Crippen molar-refractivity contribution in [2.75, 3.05) is 32.1 Å². The van der Waals surface area contributed by atoms with E-state index in [-0.39, 0.29) is 5.91 Å². The molecule has 19 heavy (non-hydrogen) atoms. The van der Waals surface area contributed by atoms with E-state index in [1.54, 1.807) is 13.3 Å². The first-order chi connectivity index (χ1) is 9.27. The molecular weight excluding hydrogens is 244 g/mol. The highest BCUT2D eigenvalue weighted by molar-refractivity contribution is 5.92. The van der Waals surface area contributed by atoms with Gasteiger partial charge in [0.2, 0.25) is 0 Å². The molecule has 2 N–H and O–H groups in total. The maximum Gasteiger partial charge on any atom is 0.271 e. The topological polar surface area (TPSA) is 76.1 Å². The minimum Gasteiger partial charge on any atom is -0.385 e. The Kier molecular flexibility index (Phi) is 7.50. The second-order valence-electron chi connectivity index (χ2n) is 4.13. The summed E-state index contributed by atoms with van der Waals surface area (Å²) < 4.78 is 4.96. The number of unbranched alkanes of at least 4 members (excludes halogenated alkanes) is 2. The van der Waals surface area contributed by atoms with E-state index in [9.17, 15) is 4.79 Å². The summed E-state index contributed by atoms with van der Waals surface area (Å²) in [4.78, 5) is 20.0. The molecule has 0 saturated carbocycles. The molecule has 1 heterocycles. The number of aromatic nitrogens is 2. The van der Waals surface area contributed by atoms with Crippen LogP contribution in [0.5, 0.6) is 0 Å². The van der Waals surface area contributed by atoms with Crippen molar-refractivity contribution in [1.29, 1.82) is 0 Å². The van der Waals surface area contributed by atoms with Gasteiger partial charge in [0.05, 0.1) is 12.4 Å². The molecule has 1 aromatic rings. The summed E-state index contributed by atoms with van der Waals surface area (Å²) in [6, 6.07) is 0. The molecule has 0 saturated heterocycles. The Labute approximate surface area is 114 Å². The molecule has 0 aliphatic heterocycles. The Balaban J connectivity index is 2.30. The number of hydrogen-bond donors (Lipinski definition) is 2. The highest BCUT2D eigenvalue weighted by Gasteiger charge is 2.07. The summed E-state index contributed by atoms with van der Waals surface area (Å²) in [5.74, 6) is 0.439. The molecule has 0 aliphatic rings. The third kappa shape index (κ3) is 6.15. The van der Waals surface area contributed by atoms with E-state index >= 15 is 0 Å². The summed E-state index contributed by atoms with van der Waals surface area (Å²) >= 11 is 0. The summed E-state index contributed by atoms with van der Waals surface area (Å²) in [6.45, 7) is 4.13. The monoisotopic (exact) mass is 266 g/mol. The fraction of sp³-hybridized carbons (Fsp3) is 0.615. The van der Waals surface area contributed by atoms with Crippen LogP contribution in [0.1, 0.15) is 36.7 Å². The number of carbonyl (C=O) groups is 1. The van der Waals surface area contributed by atoms with Gasteiger partial charge in [0.15, 0.2) is 0 Å². The SMILES string of the molecule is CCNc1cncc(C(=O)NCCCCCOC)n1. The Morgan fingerprint density at radius 1 is 1.32 bits per heavy atom. The zero-order valence-electron chi connectivity index (χ0n) is 11.6. The number of rotatable bonds is 9. The molecule has 106 valence electrons. The molecule has 0 aliphatic carbocycles. The van der Waals surface area contributed by atoms with Gasteiger partial charge in [-0.25, -0.2) is 4.98 Å². The lowest BCUT2D eigenvalue weighted by molar-refractivity contribution is 0.0947. The van der Waals surface area contributed by atoms with Crippen LogP contribution in [0.15, 0.2) is 12.4 Å². The van der Waals surface area contributed by atoms with Crippen LogP contribution in [0.2, 0.25) is 0 Å². The molecule has 1 rings (SSSR count). The van der Waals surface area contributed by atoms with Crippen LogP contribution >= 0.6 is 0 Å². The Bertz CT molecular complexity index is 385. The van der Waals surface area contributed by atoms with Gasteiger partial charge >= 0.3 is 0 Å². The lowest BCUT2D eigenvalue weighted by Crippen LogP contribution is -2.25. The van der Waals surface area contributed by atoms with E-state index in [0.29, 0.717) is 18.1 Å². The number of amides is 1. The average molecular weight is 266 g/mol. The first-order valence-corrected chi connectivity index (χ1v) is 6.61. The molecule has 1 amide bonds. The fourth-order valence-corrected chi connectivity index (χ4v) is 1.58. The van der Waals surface area contributed by atoms with Crippen LogP contribution in [-0.2, 0) is 4.74 Å². The molecular formula is C13H22N4O2. The molecule has 0 fully saturated rings. The van der Waals surface area contributed by atoms with E-state index < -0.39 is 0 Å². The van der Waals surface area contributed by atoms with E-state index in [0.717, 1.165) is 32.4 Å². The molecule has 0 radical (unpaired) electrons. The summed E-state index contributed by atoms with van der Waals surface area (Å²) in [7, 11) is 1.69. The van der Waals surface area contributed by atoms with E-state index in [1.807, 2.05) is 6.92 Å². The van der Waals surface area contributed by atoms with Crippen molar-refractivity contribution in [2.45, 2.75) is 26.2 Å². The number of carbonyl (C=O) groups excluding carboxylic acids is 1. The minimum absolute atomic E-state index is 0.181. The molecule has 1 aromatic heterocycles. The predicted molar refractivity (Wildman–Crippen MR) is 74.3 cm³/mol. The predicted octanol–water partition coefficient (Wildman–Crippen LogP) is 1.45. The molecule has 0 atom stereocenters. The number of nitrogens with zero attached hydrogens (tertiary/aromatic N) is 2. The minimum atomic E-state index is -0.181. The number of ether oxygens (including phenoxy) is 1. The molecule has 0 spiro atoms. The van der Waals surface area contributed by atoms with Crippen molar-refractivity contribution in [1.82, 2.24) is 15.3 Å². The maximum absolute atomic E-state index is 11.8.